The van der Waals surface area contributed by atoms with Crippen LogP contribution in [0.5, 0.6) is 5.75 Å². The van der Waals surface area contributed by atoms with Gasteiger partial charge in [-0.2, -0.15) is 5.26 Å². The van der Waals surface area contributed by atoms with E-state index in [1.54, 1.807) is 26.3 Å². The molecule has 96 valence electrons. The summed E-state index contributed by atoms with van der Waals surface area (Å²) in [5.41, 5.74) is 0.797. The van der Waals surface area contributed by atoms with Crippen LogP contribution in [-0.4, -0.2) is 25.0 Å². The highest BCUT2D eigenvalue weighted by molar-refractivity contribution is 5.76. The lowest BCUT2D eigenvalue weighted by Crippen LogP contribution is -2.30. The minimum absolute atomic E-state index is 0.0140. The number of nitrogens with zero attached hydrogens (tertiary/aromatic N) is 2. The highest BCUT2D eigenvalue weighted by Crippen LogP contribution is 2.22. The Bertz CT molecular complexity index is 434. The first kappa shape index (κ1) is 14.0. The molecular weight excluding hydrogens is 228 g/mol. The van der Waals surface area contributed by atoms with Gasteiger partial charge < -0.3 is 9.64 Å². The van der Waals surface area contributed by atoms with E-state index < -0.39 is 6.04 Å². The van der Waals surface area contributed by atoms with Gasteiger partial charge in [0.1, 0.15) is 11.8 Å². The van der Waals surface area contributed by atoms with E-state index in [2.05, 4.69) is 6.07 Å². The van der Waals surface area contributed by atoms with Crippen molar-refractivity contribution < 1.29 is 9.53 Å². The second kappa shape index (κ2) is 6.65. The molecule has 0 aliphatic heterocycles. The molecule has 0 heterocycles. The van der Waals surface area contributed by atoms with Crippen LogP contribution in [0.1, 0.15) is 31.4 Å². The summed E-state index contributed by atoms with van der Waals surface area (Å²) >= 11 is 0. The van der Waals surface area contributed by atoms with Crippen molar-refractivity contribution in [3.63, 3.8) is 0 Å². The van der Waals surface area contributed by atoms with E-state index in [1.807, 2.05) is 19.1 Å². The van der Waals surface area contributed by atoms with Crippen LogP contribution in [0, 0.1) is 11.3 Å². The predicted molar refractivity (Wildman–Crippen MR) is 69.0 cm³/mol. The fourth-order valence-corrected chi connectivity index (χ4v) is 1.71. The predicted octanol–water partition coefficient (Wildman–Crippen LogP) is 2.52. The Labute approximate surface area is 108 Å². The molecule has 0 spiro atoms. The molecule has 1 atom stereocenters. The van der Waals surface area contributed by atoms with Gasteiger partial charge in [0.25, 0.3) is 0 Å². The Balaban J connectivity index is 2.88. The number of methoxy groups -OCH3 is 1. The summed E-state index contributed by atoms with van der Waals surface area (Å²) in [4.78, 5) is 13.3. The first-order valence-electron chi connectivity index (χ1n) is 5.93. The number of nitriles is 1. The Morgan fingerprint density at radius 1 is 1.44 bits per heavy atom. The summed E-state index contributed by atoms with van der Waals surface area (Å²) in [5, 5.41) is 9.22. The van der Waals surface area contributed by atoms with Gasteiger partial charge in [0, 0.05) is 13.5 Å². The zero-order chi connectivity index (χ0) is 13.5. The zero-order valence-electron chi connectivity index (χ0n) is 11.0. The van der Waals surface area contributed by atoms with Crippen LogP contribution in [0.2, 0.25) is 0 Å². The molecule has 1 rings (SSSR count). The van der Waals surface area contributed by atoms with Crippen LogP contribution >= 0.6 is 0 Å². The Morgan fingerprint density at radius 2 is 2.06 bits per heavy atom. The Morgan fingerprint density at radius 3 is 2.50 bits per heavy atom. The third kappa shape index (κ3) is 3.24. The molecule has 0 aliphatic rings. The van der Waals surface area contributed by atoms with Crippen LogP contribution < -0.4 is 4.74 Å². The maximum absolute atomic E-state index is 11.8. The van der Waals surface area contributed by atoms with Crippen LogP contribution in [0.3, 0.4) is 0 Å². The smallest absolute Gasteiger partial charge is 0.223 e. The lowest BCUT2D eigenvalue weighted by Gasteiger charge is -2.23. The highest BCUT2D eigenvalue weighted by Gasteiger charge is 2.20. The molecule has 4 nitrogen and oxygen atoms in total. The van der Waals surface area contributed by atoms with Gasteiger partial charge in [0.05, 0.1) is 13.2 Å². The van der Waals surface area contributed by atoms with Crippen molar-refractivity contribution in [1.82, 2.24) is 4.90 Å². The molecule has 0 aliphatic carbocycles. The lowest BCUT2D eigenvalue weighted by atomic mass is 10.1. The largest absolute Gasteiger partial charge is 0.497 e. The van der Waals surface area contributed by atoms with Gasteiger partial charge >= 0.3 is 0 Å². The van der Waals surface area contributed by atoms with Gasteiger partial charge in [-0.15, -0.1) is 0 Å². The van der Waals surface area contributed by atoms with E-state index in [9.17, 15) is 10.1 Å². The molecule has 1 aromatic carbocycles. The molecule has 0 radical (unpaired) electrons. The van der Waals surface area contributed by atoms with Crippen molar-refractivity contribution in [2.24, 2.45) is 0 Å². The zero-order valence-corrected chi connectivity index (χ0v) is 11.0. The molecule has 0 bridgehead atoms. The monoisotopic (exact) mass is 246 g/mol. The molecule has 18 heavy (non-hydrogen) atoms. The van der Waals surface area contributed by atoms with E-state index in [0.29, 0.717) is 6.42 Å². The molecule has 0 aromatic heterocycles. The Kier molecular flexibility index (Phi) is 5.19. The maximum atomic E-state index is 11.8. The summed E-state index contributed by atoms with van der Waals surface area (Å²) in [6.07, 6.45) is 1.24. The highest BCUT2D eigenvalue weighted by atomic mass is 16.5. The number of hydrogen-bond donors (Lipinski definition) is 0. The van der Waals surface area contributed by atoms with Gasteiger partial charge in [-0.05, 0) is 24.1 Å². The van der Waals surface area contributed by atoms with Crippen LogP contribution in [0.4, 0.5) is 0 Å². The second-order valence-electron chi connectivity index (χ2n) is 4.06. The van der Waals surface area contributed by atoms with E-state index >= 15 is 0 Å². The summed E-state index contributed by atoms with van der Waals surface area (Å²) in [6, 6.07) is 8.81. The van der Waals surface area contributed by atoms with E-state index in [0.717, 1.165) is 17.7 Å². The quantitative estimate of drug-likeness (QED) is 0.802. The van der Waals surface area contributed by atoms with Crippen molar-refractivity contribution in [2.75, 3.05) is 14.2 Å². The molecular formula is C14H18N2O2. The number of hydrogen-bond acceptors (Lipinski definition) is 3. The van der Waals surface area contributed by atoms with Gasteiger partial charge in [0.2, 0.25) is 5.91 Å². The fraction of sp³-hybridized carbons (Fsp3) is 0.429. The lowest BCUT2D eigenvalue weighted by molar-refractivity contribution is -0.131. The molecule has 0 saturated carbocycles. The minimum atomic E-state index is -0.546. The van der Waals surface area contributed by atoms with Crippen LogP contribution in [0.25, 0.3) is 0 Å². The SMILES string of the molecule is CCCC(=O)N(C)C(C#N)c1ccc(OC)cc1. The summed E-state index contributed by atoms with van der Waals surface area (Å²) < 4.78 is 5.07. The summed E-state index contributed by atoms with van der Waals surface area (Å²) in [6.45, 7) is 1.94. The van der Waals surface area contributed by atoms with Gasteiger partial charge in [-0.1, -0.05) is 19.1 Å². The van der Waals surface area contributed by atoms with Crippen molar-refractivity contribution in [2.45, 2.75) is 25.8 Å². The topological polar surface area (TPSA) is 53.3 Å². The van der Waals surface area contributed by atoms with Gasteiger partial charge in [-0.3, -0.25) is 4.79 Å². The van der Waals surface area contributed by atoms with Gasteiger partial charge in [0.15, 0.2) is 0 Å². The average molecular weight is 246 g/mol. The molecule has 4 heteroatoms. The molecule has 0 N–H and O–H groups in total. The van der Waals surface area contributed by atoms with Crippen LogP contribution in [0.15, 0.2) is 24.3 Å². The Hall–Kier alpha value is -2.02. The normalized spacial score (nSPS) is 11.4. The molecule has 0 fully saturated rings. The minimum Gasteiger partial charge on any atom is -0.497 e. The molecule has 0 saturated heterocycles. The van der Waals surface area contributed by atoms with E-state index in [1.165, 1.54) is 4.90 Å². The molecule has 1 unspecified atom stereocenters. The number of amides is 1. The first-order chi connectivity index (χ1) is 8.63. The number of ether oxygens (including phenoxy) is 1. The average Bonchev–Trinajstić information content (AvgIpc) is 2.40. The number of carbonyl (C=O) groups excluding carboxylic acids is 1. The first-order valence-corrected chi connectivity index (χ1v) is 5.93. The number of rotatable bonds is 5. The van der Waals surface area contributed by atoms with E-state index in [4.69, 9.17) is 4.74 Å². The number of carbonyl (C=O) groups is 1. The van der Waals surface area contributed by atoms with Gasteiger partial charge in [-0.25, -0.2) is 0 Å². The molecule has 1 aromatic rings. The van der Waals surface area contributed by atoms with Crippen molar-refractivity contribution >= 4 is 5.91 Å². The maximum Gasteiger partial charge on any atom is 0.223 e. The summed E-state index contributed by atoms with van der Waals surface area (Å²) in [7, 11) is 3.25. The summed E-state index contributed by atoms with van der Waals surface area (Å²) in [5.74, 6) is 0.720. The van der Waals surface area contributed by atoms with E-state index in [-0.39, 0.29) is 5.91 Å². The van der Waals surface area contributed by atoms with Crippen molar-refractivity contribution in [3.8, 4) is 11.8 Å². The molecule has 1 amide bonds. The van der Waals surface area contributed by atoms with Crippen molar-refractivity contribution in [3.05, 3.63) is 29.8 Å². The standard InChI is InChI=1S/C14H18N2O2/c1-4-5-14(17)16(2)13(10-15)11-6-8-12(18-3)9-7-11/h6-9,13H,4-5H2,1-3H3. The number of benzene rings is 1. The third-order valence-corrected chi connectivity index (χ3v) is 2.80. The van der Waals surface area contributed by atoms with Crippen LogP contribution in [-0.2, 0) is 4.79 Å². The fourth-order valence-electron chi connectivity index (χ4n) is 1.71. The third-order valence-electron chi connectivity index (χ3n) is 2.80. The second-order valence-corrected chi connectivity index (χ2v) is 4.06. The van der Waals surface area contributed by atoms with Crippen molar-refractivity contribution in [1.29, 1.82) is 5.26 Å².